The summed E-state index contributed by atoms with van der Waals surface area (Å²) in [6.45, 7) is 9.07. The van der Waals surface area contributed by atoms with Crippen molar-refractivity contribution in [2.75, 3.05) is 13.1 Å². The summed E-state index contributed by atoms with van der Waals surface area (Å²) in [6.07, 6.45) is 8.04. The van der Waals surface area contributed by atoms with Gasteiger partial charge in [-0.25, -0.2) is 19.7 Å². The van der Waals surface area contributed by atoms with Gasteiger partial charge in [0.25, 0.3) is 11.8 Å². The van der Waals surface area contributed by atoms with Gasteiger partial charge in [-0.2, -0.15) is 0 Å². The van der Waals surface area contributed by atoms with E-state index in [1.165, 1.54) is 0 Å². The second kappa shape index (κ2) is 11.9. The van der Waals surface area contributed by atoms with Gasteiger partial charge < -0.3 is 19.9 Å². The van der Waals surface area contributed by atoms with Gasteiger partial charge in [0, 0.05) is 59.8 Å². The van der Waals surface area contributed by atoms with E-state index in [0.29, 0.717) is 49.4 Å². The van der Waals surface area contributed by atoms with Crippen molar-refractivity contribution in [1.29, 1.82) is 0 Å². The Bertz CT molecular complexity index is 1390. The predicted octanol–water partition coefficient (Wildman–Crippen LogP) is 4.84. The second-order valence-electron chi connectivity index (χ2n) is 11.6. The number of hydrogen-bond acceptors (Lipinski definition) is 8. The number of benzene rings is 1. The van der Waals surface area contributed by atoms with Crippen LogP contribution in [-0.4, -0.2) is 73.4 Å². The molecule has 0 unspecified atom stereocenters. The van der Waals surface area contributed by atoms with E-state index in [1.807, 2.05) is 32.6 Å². The SMILES string of the molecule is Cc1cnc(CNC(=O)c2ccc(-c3ncc(C(=O)N(C4CC4)C4CCN(C(=O)OC(C)(C)C)CC4)cn3)cc2)s1. The molecule has 0 radical (unpaired) electrons. The number of aryl methyl sites for hydroxylation is 1. The van der Waals surface area contributed by atoms with Crippen LogP contribution < -0.4 is 5.32 Å². The lowest BCUT2D eigenvalue weighted by Crippen LogP contribution is -2.50. The summed E-state index contributed by atoms with van der Waals surface area (Å²) in [5.41, 5.74) is 1.20. The van der Waals surface area contributed by atoms with Gasteiger partial charge in [0.15, 0.2) is 5.82 Å². The molecule has 3 heterocycles. The molecule has 41 heavy (non-hydrogen) atoms. The van der Waals surface area contributed by atoms with E-state index >= 15 is 0 Å². The highest BCUT2D eigenvalue weighted by atomic mass is 32.1. The van der Waals surface area contributed by atoms with Crippen molar-refractivity contribution in [2.45, 2.75) is 77.6 Å². The number of nitrogens with zero attached hydrogens (tertiary/aromatic N) is 5. The van der Waals surface area contributed by atoms with E-state index in [0.717, 1.165) is 28.3 Å². The van der Waals surface area contributed by atoms with Crippen LogP contribution in [0.1, 0.15) is 77.1 Å². The van der Waals surface area contributed by atoms with Crippen LogP contribution in [0.15, 0.2) is 42.9 Å². The molecule has 2 aliphatic rings. The molecule has 1 aliphatic heterocycles. The first-order chi connectivity index (χ1) is 19.6. The molecule has 1 saturated heterocycles. The molecule has 11 heteroatoms. The highest BCUT2D eigenvalue weighted by molar-refractivity contribution is 7.11. The lowest BCUT2D eigenvalue weighted by Gasteiger charge is -2.39. The topological polar surface area (TPSA) is 118 Å². The van der Waals surface area contributed by atoms with Crippen molar-refractivity contribution >= 4 is 29.2 Å². The van der Waals surface area contributed by atoms with E-state index in [-0.39, 0.29) is 30.0 Å². The maximum Gasteiger partial charge on any atom is 0.410 e. The normalized spacial score (nSPS) is 15.9. The van der Waals surface area contributed by atoms with Crippen LogP contribution in [-0.2, 0) is 11.3 Å². The molecule has 1 aliphatic carbocycles. The zero-order valence-electron chi connectivity index (χ0n) is 23.9. The Morgan fingerprint density at radius 3 is 2.15 bits per heavy atom. The third-order valence-electron chi connectivity index (χ3n) is 7.06. The first-order valence-electron chi connectivity index (χ1n) is 14.0. The first kappa shape index (κ1) is 28.7. The number of carbonyl (C=O) groups is 3. The van der Waals surface area contributed by atoms with Crippen molar-refractivity contribution in [3.05, 3.63) is 63.9 Å². The van der Waals surface area contributed by atoms with Crippen molar-refractivity contribution < 1.29 is 19.1 Å². The van der Waals surface area contributed by atoms with Crippen LogP contribution in [0.4, 0.5) is 4.79 Å². The van der Waals surface area contributed by atoms with Crippen LogP contribution in [0, 0.1) is 6.92 Å². The molecule has 3 amide bonds. The smallest absolute Gasteiger partial charge is 0.410 e. The van der Waals surface area contributed by atoms with Gasteiger partial charge >= 0.3 is 6.09 Å². The van der Waals surface area contributed by atoms with Crippen LogP contribution >= 0.6 is 11.3 Å². The number of nitrogens with one attached hydrogen (secondary N) is 1. The summed E-state index contributed by atoms with van der Waals surface area (Å²) in [7, 11) is 0. The van der Waals surface area contributed by atoms with Crippen molar-refractivity contribution in [3.8, 4) is 11.4 Å². The fraction of sp³-hybridized carbons (Fsp3) is 0.467. The van der Waals surface area contributed by atoms with Gasteiger partial charge in [0.2, 0.25) is 0 Å². The Hall–Kier alpha value is -3.86. The molecule has 1 aromatic carbocycles. The highest BCUT2D eigenvalue weighted by Crippen LogP contribution is 2.33. The number of rotatable bonds is 7. The first-order valence-corrected chi connectivity index (χ1v) is 14.8. The molecule has 1 N–H and O–H groups in total. The summed E-state index contributed by atoms with van der Waals surface area (Å²) in [4.78, 5) is 56.5. The fourth-order valence-corrected chi connectivity index (χ4v) is 5.61. The standard InChI is InChI=1S/C30H36N6O4S/c1-19-15-31-25(41-19)18-34-27(37)21-7-5-20(6-8-21)26-32-16-22(17-33-26)28(38)36(23-9-10-23)24-11-13-35(14-12-24)29(39)40-30(2,3)4/h5-8,15-17,23-24H,9-14,18H2,1-4H3,(H,34,37). The van der Waals surface area contributed by atoms with Crippen molar-refractivity contribution in [1.82, 2.24) is 30.1 Å². The minimum atomic E-state index is -0.534. The number of thiazole rings is 1. The molecule has 0 atom stereocenters. The third-order valence-corrected chi connectivity index (χ3v) is 7.97. The molecule has 5 rings (SSSR count). The Kier molecular flexibility index (Phi) is 8.35. The number of likely N-dealkylation sites (tertiary alicyclic amines) is 1. The zero-order valence-corrected chi connectivity index (χ0v) is 24.7. The van der Waals surface area contributed by atoms with E-state index in [4.69, 9.17) is 4.74 Å². The van der Waals surface area contributed by atoms with E-state index in [2.05, 4.69) is 20.3 Å². The van der Waals surface area contributed by atoms with Crippen molar-refractivity contribution in [2.24, 2.45) is 0 Å². The summed E-state index contributed by atoms with van der Waals surface area (Å²) >= 11 is 1.56. The van der Waals surface area contributed by atoms with Crippen LogP contribution in [0.2, 0.25) is 0 Å². The maximum atomic E-state index is 13.6. The van der Waals surface area contributed by atoms with Gasteiger partial charge in [0.1, 0.15) is 10.6 Å². The molecule has 2 fully saturated rings. The number of amides is 3. The quantitative estimate of drug-likeness (QED) is 0.428. The fourth-order valence-electron chi connectivity index (χ4n) is 4.88. The summed E-state index contributed by atoms with van der Waals surface area (Å²) < 4.78 is 5.51. The number of aromatic nitrogens is 3. The van der Waals surface area contributed by atoms with Gasteiger partial charge in [-0.15, -0.1) is 11.3 Å². The maximum absolute atomic E-state index is 13.6. The number of carbonyl (C=O) groups excluding carboxylic acids is 3. The predicted molar refractivity (Wildman–Crippen MR) is 156 cm³/mol. The third kappa shape index (κ3) is 7.27. The molecule has 0 spiro atoms. The Morgan fingerprint density at radius 1 is 0.951 bits per heavy atom. The second-order valence-corrected chi connectivity index (χ2v) is 12.9. The molecular formula is C30H36N6O4S. The number of piperidine rings is 1. The van der Waals surface area contributed by atoms with E-state index < -0.39 is 5.60 Å². The Balaban J connectivity index is 1.18. The van der Waals surface area contributed by atoms with Crippen LogP contribution in [0.5, 0.6) is 0 Å². The van der Waals surface area contributed by atoms with E-state index in [1.54, 1.807) is 59.1 Å². The van der Waals surface area contributed by atoms with Crippen LogP contribution in [0.25, 0.3) is 11.4 Å². The molecule has 2 aromatic heterocycles. The van der Waals surface area contributed by atoms with Crippen LogP contribution in [0.3, 0.4) is 0 Å². The molecule has 3 aromatic rings. The summed E-state index contributed by atoms with van der Waals surface area (Å²) in [5.74, 6) is 0.232. The Labute approximate surface area is 244 Å². The summed E-state index contributed by atoms with van der Waals surface area (Å²) in [5, 5.41) is 3.75. The number of ether oxygens (including phenoxy) is 1. The van der Waals surface area contributed by atoms with Gasteiger partial charge in [0.05, 0.1) is 12.1 Å². The van der Waals surface area contributed by atoms with E-state index in [9.17, 15) is 14.4 Å². The minimum Gasteiger partial charge on any atom is -0.444 e. The Morgan fingerprint density at radius 2 is 1.59 bits per heavy atom. The molecular weight excluding hydrogens is 540 g/mol. The molecule has 1 saturated carbocycles. The molecule has 10 nitrogen and oxygen atoms in total. The summed E-state index contributed by atoms with van der Waals surface area (Å²) in [6, 6.07) is 7.35. The number of hydrogen-bond donors (Lipinski definition) is 1. The van der Waals surface area contributed by atoms with Crippen molar-refractivity contribution in [3.63, 3.8) is 0 Å². The monoisotopic (exact) mass is 576 g/mol. The van der Waals surface area contributed by atoms with Gasteiger partial charge in [-0.1, -0.05) is 12.1 Å². The molecule has 216 valence electrons. The van der Waals surface area contributed by atoms with Gasteiger partial charge in [-0.05, 0) is 65.5 Å². The molecule has 0 bridgehead atoms. The highest BCUT2D eigenvalue weighted by Gasteiger charge is 2.40. The average molecular weight is 577 g/mol. The zero-order chi connectivity index (χ0) is 29.1. The largest absolute Gasteiger partial charge is 0.444 e. The lowest BCUT2D eigenvalue weighted by molar-refractivity contribution is 0.0142. The lowest BCUT2D eigenvalue weighted by atomic mass is 10.0. The minimum absolute atomic E-state index is 0.0617. The average Bonchev–Trinajstić information content (AvgIpc) is 3.70. The van der Waals surface area contributed by atoms with Gasteiger partial charge in [-0.3, -0.25) is 9.59 Å².